The van der Waals surface area contributed by atoms with Crippen LogP contribution >= 0.6 is 67.8 Å². The SMILES string of the molecule is CC(=O)OCCN(C(=O)COC(C)=O)c1c(I)c(CCC(=O)[O-])c(I)c(NC(=O)COC(C)=O)c1I. The second-order valence-corrected chi connectivity index (χ2v) is 10.2. The molecule has 12 nitrogen and oxygen atoms in total. The van der Waals surface area contributed by atoms with Crippen LogP contribution in [0.15, 0.2) is 0 Å². The molecule has 0 radical (unpaired) electrons. The number of hydrogen-bond donors (Lipinski definition) is 1. The number of carbonyl (C=O) groups excluding carboxylic acids is 6. The number of esters is 3. The predicted molar refractivity (Wildman–Crippen MR) is 149 cm³/mol. The van der Waals surface area contributed by atoms with Gasteiger partial charge in [0.15, 0.2) is 13.2 Å². The number of aliphatic carboxylic acids is 1. The van der Waals surface area contributed by atoms with Crippen molar-refractivity contribution < 1.29 is 48.1 Å². The first-order valence-electron chi connectivity index (χ1n) is 10.2. The van der Waals surface area contributed by atoms with Gasteiger partial charge in [0.25, 0.3) is 11.8 Å². The average Bonchev–Trinajstić information content (AvgIpc) is 2.77. The summed E-state index contributed by atoms with van der Waals surface area (Å²) in [7, 11) is 0. The normalized spacial score (nSPS) is 10.3. The van der Waals surface area contributed by atoms with E-state index in [1.165, 1.54) is 11.8 Å². The fraction of sp³-hybridized carbons (Fsp3) is 0.429. The van der Waals surface area contributed by atoms with E-state index in [1.807, 2.05) is 67.8 Å². The van der Waals surface area contributed by atoms with Crippen LogP contribution in [-0.2, 0) is 49.4 Å². The molecule has 0 aromatic heterocycles. The molecule has 0 heterocycles. The van der Waals surface area contributed by atoms with Crippen LogP contribution in [0, 0.1) is 10.7 Å². The first-order valence-corrected chi connectivity index (χ1v) is 13.4. The van der Waals surface area contributed by atoms with Crippen LogP contribution in [-0.4, -0.2) is 62.1 Å². The lowest BCUT2D eigenvalue weighted by Crippen LogP contribution is -2.39. The van der Waals surface area contributed by atoms with Gasteiger partial charge >= 0.3 is 17.9 Å². The van der Waals surface area contributed by atoms with Crippen LogP contribution in [0.4, 0.5) is 11.4 Å². The van der Waals surface area contributed by atoms with Crippen molar-refractivity contribution >= 4 is 115 Å². The number of benzene rings is 1. The minimum Gasteiger partial charge on any atom is -0.550 e. The molecule has 0 bridgehead atoms. The van der Waals surface area contributed by atoms with Crippen LogP contribution in [0.25, 0.3) is 0 Å². The van der Waals surface area contributed by atoms with Crippen LogP contribution in [0.3, 0.4) is 0 Å². The number of anilines is 2. The monoisotopic (exact) mass is 843 g/mol. The summed E-state index contributed by atoms with van der Waals surface area (Å²) in [4.78, 5) is 71.5. The predicted octanol–water partition coefficient (Wildman–Crippen LogP) is 1.14. The number of ether oxygens (including phenoxy) is 3. The summed E-state index contributed by atoms with van der Waals surface area (Å²) in [6.45, 7) is 2.04. The molecular weight excluding hydrogens is 821 g/mol. The molecular formula is C21H22I3N2O10-. The van der Waals surface area contributed by atoms with Gasteiger partial charge in [-0.05, 0) is 86.2 Å². The van der Waals surface area contributed by atoms with Gasteiger partial charge < -0.3 is 34.3 Å². The Morgan fingerprint density at radius 1 is 0.833 bits per heavy atom. The summed E-state index contributed by atoms with van der Waals surface area (Å²) in [5.41, 5.74) is 1.06. The molecule has 0 aliphatic rings. The van der Waals surface area contributed by atoms with Crippen molar-refractivity contribution in [1.82, 2.24) is 0 Å². The zero-order chi connectivity index (χ0) is 27.6. The minimum atomic E-state index is -1.29. The highest BCUT2D eigenvalue weighted by Gasteiger charge is 2.28. The number of halogens is 3. The molecule has 1 rings (SSSR count). The van der Waals surface area contributed by atoms with Crippen LogP contribution in [0.2, 0.25) is 0 Å². The number of nitrogens with zero attached hydrogens (tertiary/aromatic N) is 1. The molecule has 0 unspecified atom stereocenters. The van der Waals surface area contributed by atoms with Gasteiger partial charge in [-0.1, -0.05) is 0 Å². The Morgan fingerprint density at radius 3 is 1.92 bits per heavy atom. The fourth-order valence-corrected chi connectivity index (χ4v) is 7.28. The number of hydrogen-bond acceptors (Lipinski definition) is 10. The third-order valence-corrected chi connectivity index (χ3v) is 7.63. The third kappa shape index (κ3) is 10.3. The molecule has 0 saturated carbocycles. The number of carboxylic acid groups (broad SMARTS) is 1. The van der Waals surface area contributed by atoms with Crippen LogP contribution in [0.1, 0.15) is 32.8 Å². The first kappa shape index (κ1) is 32.3. The van der Waals surface area contributed by atoms with Crippen molar-refractivity contribution in [2.75, 3.05) is 36.6 Å². The summed E-state index contributed by atoms with van der Waals surface area (Å²) in [5.74, 6) is -4.49. The zero-order valence-corrected chi connectivity index (χ0v) is 25.9. The van der Waals surface area contributed by atoms with Crippen molar-refractivity contribution in [3.05, 3.63) is 16.3 Å². The lowest BCUT2D eigenvalue weighted by Gasteiger charge is -2.28. The molecule has 0 aliphatic carbocycles. The molecule has 2 amide bonds. The molecule has 36 heavy (non-hydrogen) atoms. The standard InChI is InChI=1S/C21H23I3N2O10/c1-10(27)34-7-6-26(15(31)9-36-12(3)29)21-18(23)13(4-5-16(32)33)17(22)20(19(21)24)25-14(30)8-35-11(2)28/h4-9H2,1-3H3,(H,25,30)(H,32,33)/p-1. The zero-order valence-electron chi connectivity index (χ0n) is 19.4. The van der Waals surface area contributed by atoms with Gasteiger partial charge in [-0.3, -0.25) is 24.0 Å². The second kappa shape index (κ2) is 15.5. The van der Waals surface area contributed by atoms with Gasteiger partial charge in [0.2, 0.25) is 0 Å². The maximum atomic E-state index is 13.1. The quantitative estimate of drug-likeness (QED) is 0.183. The Kier molecular flexibility index (Phi) is 13.9. The topological polar surface area (TPSA) is 168 Å². The van der Waals surface area contributed by atoms with Gasteiger partial charge in [-0.2, -0.15) is 0 Å². The van der Waals surface area contributed by atoms with Crippen molar-refractivity contribution in [3.63, 3.8) is 0 Å². The fourth-order valence-electron chi connectivity index (χ4n) is 2.72. The molecule has 198 valence electrons. The molecule has 0 atom stereocenters. The Hall–Kier alpha value is -1.77. The van der Waals surface area contributed by atoms with E-state index in [4.69, 9.17) is 14.2 Å². The van der Waals surface area contributed by atoms with Crippen LogP contribution < -0.4 is 15.3 Å². The van der Waals surface area contributed by atoms with E-state index in [-0.39, 0.29) is 37.4 Å². The smallest absolute Gasteiger partial charge is 0.303 e. The highest BCUT2D eigenvalue weighted by Crippen LogP contribution is 2.41. The van der Waals surface area contributed by atoms with Gasteiger partial charge in [-0.25, -0.2) is 0 Å². The maximum Gasteiger partial charge on any atom is 0.303 e. The minimum absolute atomic E-state index is 0.0194. The summed E-state index contributed by atoms with van der Waals surface area (Å²) in [5, 5.41) is 13.8. The Bertz CT molecular complexity index is 1060. The van der Waals surface area contributed by atoms with Crippen molar-refractivity contribution in [1.29, 1.82) is 0 Å². The number of amides is 2. The average molecular weight is 843 g/mol. The van der Waals surface area contributed by atoms with E-state index in [0.29, 0.717) is 16.3 Å². The van der Waals surface area contributed by atoms with Crippen LogP contribution in [0.5, 0.6) is 0 Å². The van der Waals surface area contributed by atoms with Crippen molar-refractivity contribution in [2.45, 2.75) is 33.6 Å². The van der Waals surface area contributed by atoms with E-state index >= 15 is 0 Å². The van der Waals surface area contributed by atoms with E-state index in [9.17, 15) is 33.9 Å². The first-order chi connectivity index (χ1) is 16.8. The highest BCUT2D eigenvalue weighted by molar-refractivity contribution is 14.1. The van der Waals surface area contributed by atoms with E-state index in [2.05, 4.69) is 5.32 Å². The number of carbonyl (C=O) groups is 6. The Balaban J connectivity index is 3.65. The lowest BCUT2D eigenvalue weighted by molar-refractivity contribution is -0.305. The molecule has 0 spiro atoms. The summed E-state index contributed by atoms with van der Waals surface area (Å²) in [6.07, 6.45) is -0.312. The molecule has 0 aliphatic heterocycles. The molecule has 0 saturated heterocycles. The second-order valence-electron chi connectivity index (χ2n) is 7.01. The summed E-state index contributed by atoms with van der Waals surface area (Å²) in [6, 6.07) is 0. The molecule has 1 N–H and O–H groups in total. The third-order valence-electron chi connectivity index (χ3n) is 4.22. The van der Waals surface area contributed by atoms with Gasteiger partial charge in [-0.15, -0.1) is 0 Å². The van der Waals surface area contributed by atoms with Gasteiger partial charge in [0.05, 0.1) is 21.5 Å². The van der Waals surface area contributed by atoms with E-state index in [1.54, 1.807) is 0 Å². The number of rotatable bonds is 12. The summed E-state index contributed by atoms with van der Waals surface area (Å²) >= 11 is 5.81. The number of carboxylic acids is 1. The molecule has 1 aromatic rings. The van der Waals surface area contributed by atoms with Gasteiger partial charge in [0, 0.05) is 33.9 Å². The lowest BCUT2D eigenvalue weighted by atomic mass is 10.1. The summed E-state index contributed by atoms with van der Waals surface area (Å²) < 4.78 is 16.0. The van der Waals surface area contributed by atoms with E-state index in [0.717, 1.165) is 13.8 Å². The molecule has 15 heteroatoms. The molecule has 0 fully saturated rings. The van der Waals surface area contributed by atoms with Crippen molar-refractivity contribution in [3.8, 4) is 0 Å². The highest BCUT2D eigenvalue weighted by atomic mass is 127. The van der Waals surface area contributed by atoms with E-state index < -0.39 is 48.9 Å². The number of nitrogens with one attached hydrogen (secondary N) is 1. The van der Waals surface area contributed by atoms with Crippen molar-refractivity contribution in [2.24, 2.45) is 0 Å². The van der Waals surface area contributed by atoms with Gasteiger partial charge in [0.1, 0.15) is 6.61 Å². The maximum absolute atomic E-state index is 13.1. The Labute approximate surface area is 247 Å². The molecule has 1 aromatic carbocycles. The largest absolute Gasteiger partial charge is 0.550 e. The Morgan fingerprint density at radius 2 is 1.39 bits per heavy atom.